The van der Waals surface area contributed by atoms with Crippen LogP contribution in [0.4, 0.5) is 5.82 Å². The molecule has 0 bridgehead atoms. The van der Waals surface area contributed by atoms with Crippen LogP contribution in [0.3, 0.4) is 0 Å². The Bertz CT molecular complexity index is 1080. The first-order valence-electron chi connectivity index (χ1n) is 13.4. The lowest BCUT2D eigenvalue weighted by Crippen LogP contribution is -2.47. The van der Waals surface area contributed by atoms with Gasteiger partial charge < -0.3 is 15.0 Å². The third kappa shape index (κ3) is 6.35. The second kappa shape index (κ2) is 14.3. The van der Waals surface area contributed by atoms with Crippen molar-refractivity contribution in [1.29, 1.82) is 0 Å². The molecule has 0 saturated carbocycles. The van der Waals surface area contributed by atoms with Gasteiger partial charge in [0.05, 0.1) is 35.5 Å². The predicted molar refractivity (Wildman–Crippen MR) is 154 cm³/mol. The first-order chi connectivity index (χ1) is 18.4. The maximum Gasteiger partial charge on any atom is 0.215 e. The highest BCUT2D eigenvalue weighted by molar-refractivity contribution is 6.32. The van der Waals surface area contributed by atoms with Crippen LogP contribution in [0.2, 0.25) is 5.02 Å². The third-order valence-electron chi connectivity index (χ3n) is 7.33. The van der Waals surface area contributed by atoms with Crippen LogP contribution in [-0.4, -0.2) is 74.0 Å². The second-order valence-corrected chi connectivity index (χ2v) is 10.1. The number of nitrogens with zero attached hydrogens (tertiary/aromatic N) is 4. The van der Waals surface area contributed by atoms with Gasteiger partial charge >= 0.3 is 0 Å². The lowest BCUT2D eigenvalue weighted by molar-refractivity contribution is -0.110. The van der Waals surface area contributed by atoms with Gasteiger partial charge in [-0.1, -0.05) is 49.8 Å². The molecule has 0 aromatic carbocycles. The van der Waals surface area contributed by atoms with E-state index in [1.807, 2.05) is 19.1 Å². The minimum atomic E-state index is -0.167. The fourth-order valence-electron chi connectivity index (χ4n) is 5.15. The minimum absolute atomic E-state index is 0.0767. The second-order valence-electron chi connectivity index (χ2n) is 9.66. The summed E-state index contributed by atoms with van der Waals surface area (Å²) < 4.78 is 5.43. The number of amidine groups is 1. The van der Waals surface area contributed by atoms with Crippen LogP contribution in [0.25, 0.3) is 0 Å². The number of hydrogen-bond donors (Lipinski definition) is 1. The van der Waals surface area contributed by atoms with Crippen molar-refractivity contribution in [3.63, 3.8) is 0 Å². The van der Waals surface area contributed by atoms with Gasteiger partial charge in [-0.05, 0) is 37.8 Å². The number of halogens is 1. The standard InChI is InChI=1S/C29H40ClN5O3/c1-6-9-13-34(20(4)15-32-18-36)28(31-5)24-14-25(30)26(23-16-38-17-23)33-29(24)35(19-37)27-21(7-2)11-10-12-22(27)8-3/h6,10-12,14,18-21,23,27H,1,7-9,13,15-17H2,2-5H3,(H,32,36). The number of aliphatic imine (C=N–C) groups is 1. The van der Waals surface area contributed by atoms with Gasteiger partial charge in [0, 0.05) is 38.0 Å². The molecule has 3 unspecified atom stereocenters. The van der Waals surface area contributed by atoms with Gasteiger partial charge in [0.15, 0.2) is 0 Å². The lowest BCUT2D eigenvalue weighted by Gasteiger charge is -2.39. The molecular weight excluding hydrogens is 502 g/mol. The molecule has 3 atom stereocenters. The molecule has 1 fully saturated rings. The van der Waals surface area contributed by atoms with E-state index in [4.69, 9.17) is 21.3 Å². The van der Waals surface area contributed by atoms with Crippen molar-refractivity contribution in [3.05, 3.63) is 58.8 Å². The fourth-order valence-corrected chi connectivity index (χ4v) is 5.46. The third-order valence-corrected chi connectivity index (χ3v) is 7.63. The van der Waals surface area contributed by atoms with E-state index in [9.17, 15) is 9.59 Å². The van der Waals surface area contributed by atoms with Crippen molar-refractivity contribution in [2.45, 2.75) is 58.0 Å². The number of rotatable bonds is 14. The van der Waals surface area contributed by atoms with Crippen LogP contribution in [0.15, 0.2) is 47.5 Å². The van der Waals surface area contributed by atoms with E-state index in [0.717, 1.165) is 24.9 Å². The quantitative estimate of drug-likeness (QED) is 0.162. The molecule has 206 valence electrons. The zero-order valence-electron chi connectivity index (χ0n) is 22.9. The van der Waals surface area contributed by atoms with Crippen molar-refractivity contribution >= 4 is 36.1 Å². The summed E-state index contributed by atoms with van der Waals surface area (Å²) in [6, 6.07) is 1.63. The van der Waals surface area contributed by atoms with Gasteiger partial charge in [-0.15, -0.1) is 6.58 Å². The number of ether oxygens (including phenoxy) is 1. The molecule has 1 aromatic rings. The summed E-state index contributed by atoms with van der Waals surface area (Å²) in [5.74, 6) is 1.41. The molecule has 1 aliphatic heterocycles. The van der Waals surface area contributed by atoms with Gasteiger partial charge in [-0.25, -0.2) is 4.98 Å². The smallest absolute Gasteiger partial charge is 0.215 e. The predicted octanol–water partition coefficient (Wildman–Crippen LogP) is 4.50. The van der Waals surface area contributed by atoms with E-state index in [1.165, 1.54) is 5.57 Å². The summed E-state index contributed by atoms with van der Waals surface area (Å²) in [6.07, 6.45) is 12.2. The summed E-state index contributed by atoms with van der Waals surface area (Å²) in [4.78, 5) is 37.6. The van der Waals surface area contributed by atoms with Crippen LogP contribution >= 0.6 is 11.6 Å². The molecule has 2 aliphatic rings. The van der Waals surface area contributed by atoms with E-state index in [-0.39, 0.29) is 23.9 Å². The minimum Gasteiger partial charge on any atom is -0.380 e. The molecule has 0 radical (unpaired) electrons. The Labute approximate surface area is 231 Å². The van der Waals surface area contributed by atoms with E-state index in [1.54, 1.807) is 11.9 Å². The van der Waals surface area contributed by atoms with Crippen molar-refractivity contribution in [2.75, 3.05) is 38.3 Å². The Morgan fingerprint density at radius 2 is 2.13 bits per heavy atom. The van der Waals surface area contributed by atoms with Crippen molar-refractivity contribution in [1.82, 2.24) is 15.2 Å². The molecule has 3 rings (SSSR count). The summed E-state index contributed by atoms with van der Waals surface area (Å²) in [7, 11) is 1.72. The van der Waals surface area contributed by atoms with E-state index < -0.39 is 0 Å². The highest BCUT2D eigenvalue weighted by Crippen LogP contribution is 2.37. The molecule has 1 aromatic heterocycles. The highest BCUT2D eigenvalue weighted by atomic mass is 35.5. The van der Waals surface area contributed by atoms with E-state index in [2.05, 4.69) is 53.9 Å². The molecule has 1 aliphatic carbocycles. The first kappa shape index (κ1) is 29.6. The average Bonchev–Trinajstić information content (AvgIpc) is 2.90. The van der Waals surface area contributed by atoms with Crippen LogP contribution in [0.5, 0.6) is 0 Å². The first-order valence-corrected chi connectivity index (χ1v) is 13.7. The van der Waals surface area contributed by atoms with Crippen LogP contribution in [-0.2, 0) is 14.3 Å². The van der Waals surface area contributed by atoms with Crippen molar-refractivity contribution in [2.24, 2.45) is 10.9 Å². The zero-order valence-corrected chi connectivity index (χ0v) is 23.7. The van der Waals surface area contributed by atoms with Gasteiger partial charge in [-0.2, -0.15) is 0 Å². The average molecular weight is 542 g/mol. The summed E-state index contributed by atoms with van der Waals surface area (Å²) in [5, 5.41) is 3.29. The maximum absolute atomic E-state index is 12.9. The molecule has 2 heterocycles. The maximum atomic E-state index is 12.9. The molecule has 1 N–H and O–H groups in total. The lowest BCUT2D eigenvalue weighted by atomic mass is 9.84. The SMILES string of the molecule is C=CCCN(C(=NC)c1cc(Cl)c(C2COC2)nc1N(C=O)C1C(CC)=CC=CC1CC)C(C)CNC=O. The molecule has 2 amide bonds. The largest absolute Gasteiger partial charge is 0.380 e. The number of carbonyl (C=O) groups is 2. The highest BCUT2D eigenvalue weighted by Gasteiger charge is 2.35. The van der Waals surface area contributed by atoms with Gasteiger partial charge in [-0.3, -0.25) is 19.5 Å². The number of carbonyl (C=O) groups excluding carboxylic acids is 2. The summed E-state index contributed by atoms with van der Waals surface area (Å²) >= 11 is 6.83. The Morgan fingerprint density at radius 1 is 1.37 bits per heavy atom. The Hall–Kier alpha value is -2.97. The number of pyridine rings is 1. The van der Waals surface area contributed by atoms with Crippen molar-refractivity contribution < 1.29 is 14.3 Å². The van der Waals surface area contributed by atoms with E-state index in [0.29, 0.717) is 61.4 Å². The van der Waals surface area contributed by atoms with Crippen LogP contribution in [0.1, 0.15) is 57.2 Å². The van der Waals surface area contributed by atoms with Gasteiger partial charge in [0.25, 0.3) is 0 Å². The zero-order chi connectivity index (χ0) is 27.7. The van der Waals surface area contributed by atoms with Gasteiger partial charge in [0.1, 0.15) is 11.7 Å². The Balaban J connectivity index is 2.21. The fraction of sp³-hybridized carbons (Fsp3) is 0.517. The number of allylic oxidation sites excluding steroid dienone is 2. The van der Waals surface area contributed by atoms with Crippen LogP contribution < -0.4 is 10.2 Å². The topological polar surface area (TPSA) is 87.1 Å². The van der Waals surface area contributed by atoms with E-state index >= 15 is 0 Å². The number of anilines is 1. The number of nitrogens with one attached hydrogen (secondary N) is 1. The molecule has 9 heteroatoms. The number of aromatic nitrogens is 1. The molecule has 0 spiro atoms. The Morgan fingerprint density at radius 3 is 2.68 bits per heavy atom. The molecule has 8 nitrogen and oxygen atoms in total. The summed E-state index contributed by atoms with van der Waals surface area (Å²) in [6.45, 7) is 12.3. The van der Waals surface area contributed by atoms with Crippen molar-refractivity contribution in [3.8, 4) is 0 Å². The molecule has 38 heavy (non-hydrogen) atoms. The van der Waals surface area contributed by atoms with Gasteiger partial charge in [0.2, 0.25) is 12.8 Å². The monoisotopic (exact) mass is 541 g/mol. The normalized spacial score (nSPS) is 20.2. The number of amides is 2. The van der Waals surface area contributed by atoms with Crippen LogP contribution in [0, 0.1) is 5.92 Å². The number of hydrogen-bond acceptors (Lipinski definition) is 5. The summed E-state index contributed by atoms with van der Waals surface area (Å²) in [5.41, 5.74) is 2.58. The molecular formula is C29H40ClN5O3. The molecule has 1 saturated heterocycles. The Kier molecular flexibility index (Phi) is 11.1.